The summed E-state index contributed by atoms with van der Waals surface area (Å²) in [7, 11) is 0. The van der Waals surface area contributed by atoms with E-state index in [1.807, 2.05) is 0 Å². The zero-order valence-corrected chi connectivity index (χ0v) is 8.49. The lowest BCUT2D eigenvalue weighted by molar-refractivity contribution is -0.274. The first-order valence-electron chi connectivity index (χ1n) is 3.45. The van der Waals surface area contributed by atoms with E-state index in [2.05, 4.69) is 25.7 Å². The fourth-order valence-electron chi connectivity index (χ4n) is 0.804. The van der Waals surface area contributed by atoms with Crippen LogP contribution in [0.25, 0.3) is 0 Å². The minimum absolute atomic E-state index is 0.120. The lowest BCUT2D eigenvalue weighted by Gasteiger charge is -2.10. The smallest absolute Gasteiger partial charge is 0.405 e. The van der Waals surface area contributed by atoms with Gasteiger partial charge in [-0.25, -0.2) is 0 Å². The van der Waals surface area contributed by atoms with Gasteiger partial charge in [0.2, 0.25) is 0 Å². The van der Waals surface area contributed by atoms with Gasteiger partial charge in [-0.3, -0.25) is 4.79 Å². The van der Waals surface area contributed by atoms with Gasteiger partial charge in [-0.1, -0.05) is 0 Å². The fraction of sp³-hybridized carbons (Fsp3) is 0.286. The van der Waals surface area contributed by atoms with Gasteiger partial charge < -0.3 is 9.72 Å². The van der Waals surface area contributed by atoms with Crippen molar-refractivity contribution < 1.29 is 17.9 Å². The number of ether oxygens (including phenoxy) is 1. The number of rotatable bonds is 1. The fourth-order valence-corrected chi connectivity index (χ4v) is 1.19. The van der Waals surface area contributed by atoms with Crippen molar-refractivity contribution in [3.63, 3.8) is 0 Å². The van der Waals surface area contributed by atoms with Crippen LogP contribution in [0.2, 0.25) is 0 Å². The Kier molecular flexibility index (Phi) is 2.89. The molecule has 1 aromatic heterocycles. The molecule has 0 spiro atoms. The third-order valence-electron chi connectivity index (χ3n) is 1.43. The number of alkyl halides is 3. The van der Waals surface area contributed by atoms with E-state index in [0.717, 1.165) is 6.07 Å². The van der Waals surface area contributed by atoms with Gasteiger partial charge >= 0.3 is 6.36 Å². The largest absolute Gasteiger partial charge is 0.573 e. The Morgan fingerprint density at radius 1 is 1.50 bits per heavy atom. The summed E-state index contributed by atoms with van der Waals surface area (Å²) in [5.41, 5.74) is -0.746. The molecule has 1 heterocycles. The predicted molar refractivity (Wildman–Crippen MR) is 46.2 cm³/mol. The van der Waals surface area contributed by atoms with Crippen LogP contribution in [0.3, 0.4) is 0 Å². The van der Waals surface area contributed by atoms with Crippen molar-refractivity contribution in [1.82, 2.24) is 4.98 Å². The average molecular weight is 272 g/mol. The molecule has 0 unspecified atom stereocenters. The van der Waals surface area contributed by atoms with Crippen molar-refractivity contribution >= 4 is 15.9 Å². The van der Waals surface area contributed by atoms with Crippen molar-refractivity contribution in [2.24, 2.45) is 0 Å². The second-order valence-corrected chi connectivity index (χ2v) is 3.34. The lowest BCUT2D eigenvalue weighted by atomic mass is 10.3. The van der Waals surface area contributed by atoms with Gasteiger partial charge in [-0.15, -0.1) is 13.2 Å². The molecule has 0 aliphatic carbocycles. The summed E-state index contributed by atoms with van der Waals surface area (Å²) in [5.74, 6) is -0.506. The van der Waals surface area contributed by atoms with Crippen molar-refractivity contribution in [1.29, 1.82) is 0 Å². The third-order valence-corrected chi connectivity index (χ3v) is 1.85. The van der Waals surface area contributed by atoms with Gasteiger partial charge in [-0.2, -0.15) is 0 Å². The summed E-state index contributed by atoms with van der Waals surface area (Å²) in [6, 6.07) is 1.05. The first-order valence-corrected chi connectivity index (χ1v) is 4.24. The van der Waals surface area contributed by atoms with E-state index in [4.69, 9.17) is 0 Å². The van der Waals surface area contributed by atoms with Crippen LogP contribution in [0.1, 0.15) is 5.56 Å². The van der Waals surface area contributed by atoms with E-state index in [9.17, 15) is 18.0 Å². The lowest BCUT2D eigenvalue weighted by Crippen LogP contribution is -2.20. The Hall–Kier alpha value is -0.980. The van der Waals surface area contributed by atoms with Crippen LogP contribution in [0.15, 0.2) is 15.5 Å². The molecule has 0 amide bonds. The number of pyridine rings is 1. The molecule has 7 heteroatoms. The van der Waals surface area contributed by atoms with Crippen LogP contribution in [-0.2, 0) is 0 Å². The average Bonchev–Trinajstić information content (AvgIpc) is 1.96. The molecule has 0 atom stereocenters. The zero-order valence-electron chi connectivity index (χ0n) is 6.91. The van der Waals surface area contributed by atoms with E-state index in [1.54, 1.807) is 0 Å². The molecule has 0 saturated carbocycles. The minimum atomic E-state index is -4.79. The number of halogens is 4. The van der Waals surface area contributed by atoms with Crippen molar-refractivity contribution in [2.75, 3.05) is 0 Å². The van der Waals surface area contributed by atoms with Crippen LogP contribution in [-0.4, -0.2) is 11.3 Å². The summed E-state index contributed by atoms with van der Waals surface area (Å²) >= 11 is 2.85. The van der Waals surface area contributed by atoms with Crippen molar-refractivity contribution in [2.45, 2.75) is 13.3 Å². The third kappa shape index (κ3) is 2.76. The second kappa shape index (κ2) is 3.64. The maximum Gasteiger partial charge on any atom is 0.573 e. The number of aromatic amines is 1. The van der Waals surface area contributed by atoms with Gasteiger partial charge in [0, 0.05) is 6.07 Å². The van der Waals surface area contributed by atoms with Crippen LogP contribution in [0.5, 0.6) is 5.75 Å². The van der Waals surface area contributed by atoms with E-state index >= 15 is 0 Å². The van der Waals surface area contributed by atoms with E-state index in [-0.39, 0.29) is 10.2 Å². The van der Waals surface area contributed by atoms with Crippen LogP contribution >= 0.6 is 15.9 Å². The maximum atomic E-state index is 11.8. The van der Waals surface area contributed by atoms with E-state index < -0.39 is 17.7 Å². The summed E-state index contributed by atoms with van der Waals surface area (Å²) in [6.45, 7) is 1.24. The monoisotopic (exact) mass is 271 g/mol. The number of nitrogens with one attached hydrogen (secondary N) is 1. The van der Waals surface area contributed by atoms with Crippen molar-refractivity contribution in [3.05, 3.63) is 26.6 Å². The molecule has 0 saturated heterocycles. The maximum absolute atomic E-state index is 11.8. The van der Waals surface area contributed by atoms with E-state index in [0.29, 0.717) is 0 Å². The van der Waals surface area contributed by atoms with Gasteiger partial charge in [0.05, 0.1) is 10.2 Å². The molecule has 0 bridgehead atoms. The molecule has 0 fully saturated rings. The molecule has 14 heavy (non-hydrogen) atoms. The zero-order chi connectivity index (χ0) is 10.9. The SMILES string of the molecule is Cc1c(OC(F)(F)F)cc(Br)[nH]c1=O. The Labute approximate surface area is 85.0 Å². The second-order valence-electron chi connectivity index (χ2n) is 2.48. The summed E-state index contributed by atoms with van der Waals surface area (Å²) in [4.78, 5) is 13.3. The number of aromatic nitrogens is 1. The molecule has 78 valence electrons. The van der Waals surface area contributed by atoms with Crippen molar-refractivity contribution in [3.8, 4) is 5.75 Å². The molecule has 1 N–H and O–H groups in total. The molecule has 0 aliphatic heterocycles. The Morgan fingerprint density at radius 3 is 2.57 bits per heavy atom. The number of H-pyrrole nitrogens is 1. The molecule has 3 nitrogen and oxygen atoms in total. The van der Waals surface area contributed by atoms with Gasteiger partial charge in [0.25, 0.3) is 5.56 Å². The molecule has 1 rings (SSSR count). The molecule has 1 aromatic rings. The van der Waals surface area contributed by atoms with Crippen LogP contribution in [0, 0.1) is 6.92 Å². The molecule has 0 radical (unpaired) electrons. The van der Waals surface area contributed by atoms with Crippen LogP contribution in [0.4, 0.5) is 13.2 Å². The quantitative estimate of drug-likeness (QED) is 0.797. The standard InChI is InChI=1S/C7H5BrF3NO2/c1-3-4(14-7(9,10)11)2-5(8)12-6(3)13/h2H,1H3,(H,12,13). The number of hydrogen-bond donors (Lipinski definition) is 1. The highest BCUT2D eigenvalue weighted by molar-refractivity contribution is 9.10. The highest BCUT2D eigenvalue weighted by atomic mass is 79.9. The molecular weight excluding hydrogens is 267 g/mol. The summed E-state index contributed by atoms with van der Waals surface area (Å²) in [5, 5.41) is 0. The van der Waals surface area contributed by atoms with Gasteiger partial charge in [-0.05, 0) is 22.9 Å². The van der Waals surface area contributed by atoms with E-state index in [1.165, 1.54) is 6.92 Å². The molecule has 0 aromatic carbocycles. The highest BCUT2D eigenvalue weighted by Gasteiger charge is 2.32. The first kappa shape index (κ1) is 11.1. The molecule has 0 aliphatic rings. The topological polar surface area (TPSA) is 42.1 Å². The molecular formula is C7H5BrF3NO2. The minimum Gasteiger partial charge on any atom is -0.405 e. The predicted octanol–water partition coefficient (Wildman–Crippen LogP) is 2.34. The first-order chi connectivity index (χ1) is 6.29. The normalized spacial score (nSPS) is 11.5. The highest BCUT2D eigenvalue weighted by Crippen LogP contribution is 2.25. The van der Waals surface area contributed by atoms with Gasteiger partial charge in [0.1, 0.15) is 5.75 Å². The Morgan fingerprint density at radius 2 is 2.07 bits per heavy atom. The number of hydrogen-bond acceptors (Lipinski definition) is 2. The Balaban J connectivity index is 3.15. The summed E-state index contributed by atoms with van der Waals surface area (Å²) in [6.07, 6.45) is -4.79. The Bertz CT molecular complexity index is 399. The van der Waals surface area contributed by atoms with Crippen LogP contribution < -0.4 is 10.3 Å². The summed E-state index contributed by atoms with van der Waals surface area (Å²) < 4.78 is 39.3. The van der Waals surface area contributed by atoms with Gasteiger partial charge in [0.15, 0.2) is 0 Å².